The standard InChI is InChI=1S/C23H26ClFN8O2/c1-35-23(34)33-6-4-16(5-7-33)31-8-10-32(11-9-31)22-26-13-19-20(30-22)21(28-14-27-19)29-15-2-3-18(25)17(24)12-15/h2-3,12-14,16H,4-11H2,1H3,(H,27,28,29). The van der Waals surface area contributed by atoms with Gasteiger partial charge in [0.25, 0.3) is 0 Å². The fourth-order valence-corrected chi connectivity index (χ4v) is 4.81. The highest BCUT2D eigenvalue weighted by Crippen LogP contribution is 2.26. The first-order chi connectivity index (χ1) is 17.0. The molecule has 0 radical (unpaired) electrons. The van der Waals surface area contributed by atoms with Crippen LogP contribution in [0, 0.1) is 5.82 Å². The Hall–Kier alpha value is -3.31. The van der Waals surface area contributed by atoms with Crippen LogP contribution in [0.1, 0.15) is 12.8 Å². The van der Waals surface area contributed by atoms with Crippen LogP contribution in [-0.4, -0.2) is 88.2 Å². The third-order valence-electron chi connectivity index (χ3n) is 6.56. The van der Waals surface area contributed by atoms with Crippen LogP contribution in [-0.2, 0) is 4.74 Å². The molecule has 1 amide bonds. The van der Waals surface area contributed by atoms with Crippen LogP contribution in [0.5, 0.6) is 0 Å². The van der Waals surface area contributed by atoms with E-state index in [0.717, 1.165) is 52.1 Å². The van der Waals surface area contributed by atoms with Gasteiger partial charge >= 0.3 is 6.09 Å². The Morgan fingerprint density at radius 2 is 1.89 bits per heavy atom. The summed E-state index contributed by atoms with van der Waals surface area (Å²) in [7, 11) is 1.42. The van der Waals surface area contributed by atoms with Crippen LogP contribution in [0.4, 0.5) is 26.6 Å². The van der Waals surface area contributed by atoms with Crippen molar-refractivity contribution in [2.24, 2.45) is 0 Å². The van der Waals surface area contributed by atoms with Crippen molar-refractivity contribution in [2.45, 2.75) is 18.9 Å². The number of methoxy groups -OCH3 is 1. The number of rotatable bonds is 4. The third-order valence-corrected chi connectivity index (χ3v) is 6.85. The Morgan fingerprint density at radius 1 is 1.11 bits per heavy atom. The van der Waals surface area contributed by atoms with Crippen LogP contribution < -0.4 is 10.2 Å². The van der Waals surface area contributed by atoms with Gasteiger partial charge in [0.1, 0.15) is 23.2 Å². The molecule has 184 valence electrons. The summed E-state index contributed by atoms with van der Waals surface area (Å²) in [6.07, 6.45) is 4.77. The summed E-state index contributed by atoms with van der Waals surface area (Å²) in [5.41, 5.74) is 1.79. The number of ether oxygens (including phenoxy) is 1. The number of nitrogens with zero attached hydrogens (tertiary/aromatic N) is 7. The third kappa shape index (κ3) is 5.06. The molecule has 0 unspecified atom stereocenters. The second-order valence-corrected chi connectivity index (χ2v) is 9.00. The zero-order valence-corrected chi connectivity index (χ0v) is 20.1. The Morgan fingerprint density at radius 3 is 2.60 bits per heavy atom. The van der Waals surface area contributed by atoms with E-state index in [1.165, 1.54) is 25.6 Å². The normalized spacial score (nSPS) is 17.6. The Kier molecular flexibility index (Phi) is 6.78. The number of halogens is 2. The number of amides is 1. The van der Waals surface area contributed by atoms with E-state index < -0.39 is 5.82 Å². The van der Waals surface area contributed by atoms with E-state index in [0.29, 0.717) is 34.5 Å². The monoisotopic (exact) mass is 500 g/mol. The molecule has 1 aromatic carbocycles. The number of aromatic nitrogens is 4. The van der Waals surface area contributed by atoms with Crippen molar-refractivity contribution >= 4 is 46.2 Å². The minimum absolute atomic E-state index is 0.0255. The van der Waals surface area contributed by atoms with E-state index in [1.807, 2.05) is 0 Å². The highest BCUT2D eigenvalue weighted by Gasteiger charge is 2.30. The van der Waals surface area contributed by atoms with E-state index in [4.69, 9.17) is 21.3 Å². The molecule has 2 fully saturated rings. The molecule has 35 heavy (non-hydrogen) atoms. The molecule has 12 heteroatoms. The summed E-state index contributed by atoms with van der Waals surface area (Å²) in [5.74, 6) is 0.632. The summed E-state index contributed by atoms with van der Waals surface area (Å²) in [6.45, 7) is 4.84. The number of anilines is 3. The molecule has 0 bridgehead atoms. The second kappa shape index (κ2) is 10.1. The van der Waals surface area contributed by atoms with E-state index in [1.54, 1.807) is 17.2 Å². The van der Waals surface area contributed by atoms with Crippen molar-refractivity contribution in [3.8, 4) is 0 Å². The summed E-state index contributed by atoms with van der Waals surface area (Å²) in [4.78, 5) is 36.0. The summed E-state index contributed by atoms with van der Waals surface area (Å²) >= 11 is 5.91. The maximum absolute atomic E-state index is 13.5. The van der Waals surface area contributed by atoms with Crippen LogP contribution in [0.15, 0.2) is 30.7 Å². The SMILES string of the molecule is COC(=O)N1CCC(N2CCN(c3ncc4ncnc(Nc5ccc(F)c(Cl)c5)c4n3)CC2)CC1. The summed E-state index contributed by atoms with van der Waals surface area (Å²) < 4.78 is 18.4. The number of piperazine rings is 1. The quantitative estimate of drug-likeness (QED) is 0.578. The smallest absolute Gasteiger partial charge is 0.409 e. The molecule has 2 aliphatic heterocycles. The number of hydrogen-bond acceptors (Lipinski definition) is 9. The molecule has 1 N–H and O–H groups in total. The van der Waals surface area contributed by atoms with Crippen molar-refractivity contribution in [3.05, 3.63) is 41.6 Å². The molecule has 2 aliphatic rings. The van der Waals surface area contributed by atoms with Gasteiger partial charge in [-0.05, 0) is 31.0 Å². The van der Waals surface area contributed by atoms with Gasteiger partial charge < -0.3 is 19.9 Å². The Labute approximate surface area is 207 Å². The molecule has 5 rings (SSSR count). The molecule has 4 heterocycles. The zero-order valence-electron chi connectivity index (χ0n) is 19.3. The van der Waals surface area contributed by atoms with Gasteiger partial charge in [0.15, 0.2) is 5.82 Å². The van der Waals surface area contributed by atoms with E-state index in [9.17, 15) is 9.18 Å². The van der Waals surface area contributed by atoms with E-state index in [2.05, 4.69) is 30.1 Å². The highest BCUT2D eigenvalue weighted by atomic mass is 35.5. The van der Waals surface area contributed by atoms with Gasteiger partial charge in [-0.15, -0.1) is 0 Å². The summed E-state index contributed by atoms with van der Waals surface area (Å²) in [5, 5.41) is 3.18. The zero-order chi connectivity index (χ0) is 24.4. The lowest BCUT2D eigenvalue weighted by Crippen LogP contribution is -2.54. The van der Waals surface area contributed by atoms with Crippen LogP contribution in [0.3, 0.4) is 0 Å². The first-order valence-corrected chi connectivity index (χ1v) is 11.9. The lowest BCUT2D eigenvalue weighted by atomic mass is 10.0. The molecular weight excluding hydrogens is 475 g/mol. The largest absolute Gasteiger partial charge is 0.453 e. The van der Waals surface area contributed by atoms with Gasteiger partial charge in [0.05, 0.1) is 18.3 Å². The number of benzene rings is 1. The number of likely N-dealkylation sites (tertiary alicyclic amines) is 1. The Bertz CT molecular complexity index is 1220. The van der Waals surface area contributed by atoms with Crippen molar-refractivity contribution in [2.75, 3.05) is 56.6 Å². The van der Waals surface area contributed by atoms with Gasteiger partial charge in [0.2, 0.25) is 5.95 Å². The van der Waals surface area contributed by atoms with Crippen molar-refractivity contribution in [3.63, 3.8) is 0 Å². The molecule has 2 saturated heterocycles. The number of fused-ring (bicyclic) bond motifs is 1. The molecule has 0 saturated carbocycles. The number of carbonyl (C=O) groups excluding carboxylic acids is 1. The fraction of sp³-hybridized carbons (Fsp3) is 0.435. The summed E-state index contributed by atoms with van der Waals surface area (Å²) in [6, 6.07) is 4.85. The number of hydrogen-bond donors (Lipinski definition) is 1. The molecule has 0 atom stereocenters. The van der Waals surface area contributed by atoms with Gasteiger partial charge in [-0.1, -0.05) is 11.6 Å². The maximum Gasteiger partial charge on any atom is 0.409 e. The van der Waals surface area contributed by atoms with Gasteiger partial charge in [-0.2, -0.15) is 0 Å². The Balaban J connectivity index is 1.26. The number of piperidine rings is 1. The topological polar surface area (TPSA) is 99.6 Å². The molecule has 2 aromatic heterocycles. The molecule has 3 aromatic rings. The molecule has 10 nitrogen and oxygen atoms in total. The minimum atomic E-state index is -0.484. The maximum atomic E-state index is 13.5. The van der Waals surface area contributed by atoms with E-state index in [-0.39, 0.29) is 11.1 Å². The van der Waals surface area contributed by atoms with Gasteiger partial charge in [0, 0.05) is 51.0 Å². The van der Waals surface area contributed by atoms with Crippen LogP contribution in [0.25, 0.3) is 11.0 Å². The van der Waals surface area contributed by atoms with Crippen LogP contribution in [0.2, 0.25) is 5.02 Å². The minimum Gasteiger partial charge on any atom is -0.453 e. The molecule has 0 spiro atoms. The van der Waals surface area contributed by atoms with Crippen molar-refractivity contribution in [1.82, 2.24) is 29.7 Å². The van der Waals surface area contributed by atoms with Gasteiger partial charge in [-0.25, -0.2) is 29.1 Å². The highest BCUT2D eigenvalue weighted by molar-refractivity contribution is 6.31. The number of nitrogens with one attached hydrogen (secondary N) is 1. The second-order valence-electron chi connectivity index (χ2n) is 8.59. The predicted octanol–water partition coefficient (Wildman–Crippen LogP) is 3.31. The fourth-order valence-electron chi connectivity index (χ4n) is 4.63. The lowest BCUT2D eigenvalue weighted by molar-refractivity contribution is 0.0816. The average molecular weight is 501 g/mol. The van der Waals surface area contributed by atoms with Gasteiger partial charge in [-0.3, -0.25) is 4.90 Å². The van der Waals surface area contributed by atoms with Crippen LogP contribution >= 0.6 is 11.6 Å². The molecular formula is C23H26ClFN8O2. The molecule has 0 aliphatic carbocycles. The first kappa shape index (κ1) is 23.4. The predicted molar refractivity (Wildman–Crippen MR) is 131 cm³/mol. The average Bonchev–Trinajstić information content (AvgIpc) is 2.90. The van der Waals surface area contributed by atoms with E-state index >= 15 is 0 Å². The van der Waals surface area contributed by atoms with Crippen molar-refractivity contribution < 1.29 is 13.9 Å². The number of carbonyl (C=O) groups is 1. The lowest BCUT2D eigenvalue weighted by Gasteiger charge is -2.42. The van der Waals surface area contributed by atoms with Crippen molar-refractivity contribution in [1.29, 1.82) is 0 Å². The first-order valence-electron chi connectivity index (χ1n) is 11.5.